The summed E-state index contributed by atoms with van der Waals surface area (Å²) in [5.74, 6) is -1.14. The molecule has 3 aromatic rings. The Balaban J connectivity index is 1.95. The number of esters is 2. The van der Waals surface area contributed by atoms with Crippen LogP contribution in [0.3, 0.4) is 0 Å². The second-order valence-corrected chi connectivity index (χ2v) is 8.74. The lowest BCUT2D eigenvalue weighted by Crippen LogP contribution is -2.40. The second-order valence-electron chi connectivity index (χ2n) is 7.73. The van der Waals surface area contributed by atoms with Crippen molar-refractivity contribution in [3.63, 3.8) is 0 Å². The van der Waals surface area contributed by atoms with E-state index in [0.717, 1.165) is 11.3 Å². The van der Waals surface area contributed by atoms with Gasteiger partial charge in [0.2, 0.25) is 0 Å². The van der Waals surface area contributed by atoms with Crippen LogP contribution in [0.1, 0.15) is 41.4 Å². The fourth-order valence-electron chi connectivity index (χ4n) is 3.94. The monoisotopic (exact) mass is 507 g/mol. The number of rotatable bonds is 6. The average molecular weight is 508 g/mol. The van der Waals surface area contributed by atoms with Gasteiger partial charge in [-0.3, -0.25) is 19.5 Å². The highest BCUT2D eigenvalue weighted by molar-refractivity contribution is 7.07. The summed E-state index contributed by atoms with van der Waals surface area (Å²) in [4.78, 5) is 54.2. The maximum absolute atomic E-state index is 13.6. The zero-order valence-electron chi connectivity index (χ0n) is 19.6. The minimum Gasteiger partial charge on any atom is -0.465 e. The van der Waals surface area contributed by atoms with Gasteiger partial charge in [-0.15, -0.1) is 0 Å². The summed E-state index contributed by atoms with van der Waals surface area (Å²) >= 11 is 1.06. The van der Waals surface area contributed by atoms with Crippen LogP contribution in [0.15, 0.2) is 69.6 Å². The summed E-state index contributed by atoms with van der Waals surface area (Å²) in [6.07, 6.45) is 1.45. The summed E-state index contributed by atoms with van der Waals surface area (Å²) in [5.41, 5.74) is 1.10. The molecule has 0 bridgehead atoms. The fourth-order valence-corrected chi connectivity index (χ4v) is 4.98. The van der Waals surface area contributed by atoms with Gasteiger partial charge in [-0.1, -0.05) is 35.6 Å². The van der Waals surface area contributed by atoms with E-state index in [4.69, 9.17) is 9.47 Å². The maximum atomic E-state index is 13.6. The average Bonchev–Trinajstić information content (AvgIpc) is 3.17. The van der Waals surface area contributed by atoms with Crippen LogP contribution in [0, 0.1) is 10.1 Å². The Morgan fingerprint density at radius 1 is 1.17 bits per heavy atom. The summed E-state index contributed by atoms with van der Waals surface area (Å²) in [5, 5.41) is 11.4. The number of para-hydroxylation sites is 1. The zero-order chi connectivity index (χ0) is 26.0. The third-order valence-electron chi connectivity index (χ3n) is 5.58. The molecule has 0 radical (unpaired) electrons. The van der Waals surface area contributed by atoms with E-state index < -0.39 is 28.5 Å². The van der Waals surface area contributed by atoms with Crippen molar-refractivity contribution in [1.82, 2.24) is 4.57 Å². The topological polar surface area (TPSA) is 130 Å². The van der Waals surface area contributed by atoms with Gasteiger partial charge in [0.1, 0.15) is 0 Å². The number of nitrogens with zero attached hydrogens (tertiary/aromatic N) is 3. The number of nitro benzene ring substituents is 1. The van der Waals surface area contributed by atoms with Crippen molar-refractivity contribution in [3.8, 4) is 0 Å². The smallest absolute Gasteiger partial charge is 0.338 e. The molecule has 10 nitrogen and oxygen atoms in total. The number of thiazole rings is 1. The van der Waals surface area contributed by atoms with E-state index in [1.165, 1.54) is 23.8 Å². The lowest BCUT2D eigenvalue weighted by atomic mass is 9.95. The van der Waals surface area contributed by atoms with E-state index in [1.54, 1.807) is 56.3 Å². The molecule has 0 spiro atoms. The number of hydrogen-bond donors (Lipinski definition) is 0. The molecule has 0 saturated carbocycles. The highest BCUT2D eigenvalue weighted by Gasteiger charge is 2.33. The summed E-state index contributed by atoms with van der Waals surface area (Å²) in [6, 6.07) is 11.6. The summed E-state index contributed by atoms with van der Waals surface area (Å²) in [7, 11) is 1.27. The van der Waals surface area contributed by atoms with Gasteiger partial charge < -0.3 is 9.47 Å². The van der Waals surface area contributed by atoms with Crippen LogP contribution >= 0.6 is 11.3 Å². The molecule has 2 heterocycles. The van der Waals surface area contributed by atoms with Crippen molar-refractivity contribution in [3.05, 3.63) is 106 Å². The van der Waals surface area contributed by atoms with E-state index in [9.17, 15) is 24.5 Å². The van der Waals surface area contributed by atoms with Gasteiger partial charge in [0.25, 0.3) is 11.2 Å². The molecule has 0 amide bonds. The molecule has 4 rings (SSSR count). The van der Waals surface area contributed by atoms with Gasteiger partial charge in [0.15, 0.2) is 4.80 Å². The Bertz CT molecular complexity index is 1580. The summed E-state index contributed by atoms with van der Waals surface area (Å²) < 4.78 is 11.6. The quantitative estimate of drug-likeness (QED) is 0.285. The van der Waals surface area contributed by atoms with E-state index in [2.05, 4.69) is 4.99 Å². The number of methoxy groups -OCH3 is 1. The van der Waals surface area contributed by atoms with Crippen LogP contribution in [0.4, 0.5) is 5.69 Å². The first-order valence-electron chi connectivity index (χ1n) is 10.9. The first-order chi connectivity index (χ1) is 17.3. The third-order valence-corrected chi connectivity index (χ3v) is 6.57. The lowest BCUT2D eigenvalue weighted by molar-refractivity contribution is -0.385. The summed E-state index contributed by atoms with van der Waals surface area (Å²) in [6.45, 7) is 3.46. The normalized spacial score (nSPS) is 15.2. The largest absolute Gasteiger partial charge is 0.465 e. The highest BCUT2D eigenvalue weighted by atomic mass is 32.1. The molecule has 0 saturated heterocycles. The number of carbonyl (C=O) groups is 2. The fraction of sp³-hybridized carbons (Fsp3) is 0.200. The lowest BCUT2D eigenvalue weighted by Gasteiger charge is -2.24. The molecule has 11 heteroatoms. The number of fused-ring (bicyclic) bond motifs is 1. The van der Waals surface area contributed by atoms with Gasteiger partial charge in [-0.25, -0.2) is 14.6 Å². The number of nitro groups is 1. The molecule has 1 atom stereocenters. The molecule has 1 aliphatic heterocycles. The number of carbonyl (C=O) groups excluding carboxylic acids is 2. The Labute approximate surface area is 208 Å². The molecular weight excluding hydrogens is 486 g/mol. The number of ether oxygens (including phenoxy) is 2. The highest BCUT2D eigenvalue weighted by Crippen LogP contribution is 2.31. The predicted molar refractivity (Wildman–Crippen MR) is 131 cm³/mol. The van der Waals surface area contributed by atoms with Gasteiger partial charge in [-0.2, -0.15) is 0 Å². The predicted octanol–water partition coefficient (Wildman–Crippen LogP) is 2.49. The second kappa shape index (κ2) is 10.1. The number of hydrogen-bond acceptors (Lipinski definition) is 9. The minimum atomic E-state index is -0.875. The van der Waals surface area contributed by atoms with Gasteiger partial charge in [-0.05, 0) is 43.7 Å². The molecule has 0 aliphatic carbocycles. The molecule has 0 unspecified atom stereocenters. The Morgan fingerprint density at radius 3 is 2.50 bits per heavy atom. The van der Waals surface area contributed by atoms with E-state index in [-0.39, 0.29) is 28.0 Å². The molecule has 36 heavy (non-hydrogen) atoms. The van der Waals surface area contributed by atoms with E-state index in [0.29, 0.717) is 21.6 Å². The van der Waals surface area contributed by atoms with Crippen LogP contribution in [0.5, 0.6) is 0 Å². The van der Waals surface area contributed by atoms with Crippen molar-refractivity contribution in [2.24, 2.45) is 4.99 Å². The molecular formula is C25H21N3O7S. The molecule has 1 aliphatic rings. The maximum Gasteiger partial charge on any atom is 0.338 e. The van der Waals surface area contributed by atoms with Gasteiger partial charge in [0.05, 0.1) is 51.6 Å². The Hall–Kier alpha value is -4.38. The first-order valence-corrected chi connectivity index (χ1v) is 11.7. The van der Waals surface area contributed by atoms with Crippen molar-refractivity contribution < 1.29 is 24.0 Å². The van der Waals surface area contributed by atoms with Crippen LogP contribution in [0.25, 0.3) is 6.08 Å². The molecule has 2 aromatic carbocycles. The Kier molecular flexibility index (Phi) is 6.93. The van der Waals surface area contributed by atoms with E-state index >= 15 is 0 Å². The van der Waals surface area contributed by atoms with Crippen LogP contribution in [-0.4, -0.2) is 35.1 Å². The SMILES string of the molecule is CCOC(=O)C1=C(C)N=c2s/c(=C\c3ccccc3[N+](=O)[O-])c(=O)n2[C@H]1c1ccc(C(=O)OC)cc1. The standard InChI is InChI=1S/C25H21N3O7S/c1-4-35-24(31)20-14(2)26-25-27(21(20)15-9-11-16(12-10-15)23(30)34-3)22(29)19(36-25)13-17-7-5-6-8-18(17)28(32)33/h5-13,21H,4H2,1-3H3/b19-13-/t21-/m0/s1. The Morgan fingerprint density at radius 2 is 1.86 bits per heavy atom. The minimum absolute atomic E-state index is 0.131. The zero-order valence-corrected chi connectivity index (χ0v) is 20.4. The van der Waals surface area contributed by atoms with Gasteiger partial charge >= 0.3 is 11.9 Å². The molecule has 0 N–H and O–H groups in total. The van der Waals surface area contributed by atoms with Crippen molar-refractivity contribution in [1.29, 1.82) is 0 Å². The number of allylic oxidation sites excluding steroid dienone is 1. The van der Waals surface area contributed by atoms with Crippen LogP contribution < -0.4 is 14.9 Å². The van der Waals surface area contributed by atoms with Crippen molar-refractivity contribution in [2.45, 2.75) is 19.9 Å². The van der Waals surface area contributed by atoms with Gasteiger partial charge in [0, 0.05) is 6.07 Å². The van der Waals surface area contributed by atoms with Crippen LogP contribution in [0.2, 0.25) is 0 Å². The third kappa shape index (κ3) is 4.48. The molecule has 0 fully saturated rings. The molecule has 184 valence electrons. The van der Waals surface area contributed by atoms with E-state index in [1.807, 2.05) is 0 Å². The van der Waals surface area contributed by atoms with Crippen molar-refractivity contribution in [2.75, 3.05) is 13.7 Å². The van der Waals surface area contributed by atoms with Crippen molar-refractivity contribution >= 4 is 35.0 Å². The number of benzene rings is 2. The molecule has 1 aromatic heterocycles. The van der Waals surface area contributed by atoms with Crippen LogP contribution in [-0.2, 0) is 14.3 Å². The first kappa shape index (κ1) is 24.7. The number of aromatic nitrogens is 1.